The molecule has 1 N–H and O–H groups in total. The number of unbranched alkanes of at least 4 members (excludes halogenated alkanes) is 1. The Hall–Kier alpha value is 0.634. The fourth-order valence-corrected chi connectivity index (χ4v) is 0.413. The summed E-state index contributed by atoms with van der Waals surface area (Å²) in [7, 11) is 0. The zero-order valence-electron chi connectivity index (χ0n) is 5.89. The fourth-order valence-electron chi connectivity index (χ4n) is 0.413. The smallest absolute Gasteiger partial charge is 0.0697 e. The molecule has 2 nitrogen and oxygen atoms in total. The molecule has 0 fully saturated rings. The van der Waals surface area contributed by atoms with Crippen molar-refractivity contribution in [2.45, 2.75) is 19.8 Å². The van der Waals surface area contributed by atoms with Crippen LogP contribution in [0.5, 0.6) is 0 Å². The molecule has 0 aromatic rings. The standard InChI is InChI=1S/C6H14O2.Ti/c1-2-3-5-8-6-4-7;/h7H,2-6H2,1H3;. The predicted molar refractivity (Wildman–Crippen MR) is 32.8 cm³/mol. The molecule has 0 amide bonds. The number of rotatable bonds is 5. The van der Waals surface area contributed by atoms with Crippen LogP contribution in [0.1, 0.15) is 19.8 Å². The number of aliphatic hydroxyl groups is 1. The molecule has 0 heterocycles. The van der Waals surface area contributed by atoms with Crippen molar-refractivity contribution < 1.29 is 31.6 Å². The minimum absolute atomic E-state index is 0. The van der Waals surface area contributed by atoms with E-state index in [-0.39, 0.29) is 28.3 Å². The van der Waals surface area contributed by atoms with E-state index < -0.39 is 0 Å². The van der Waals surface area contributed by atoms with E-state index in [0.29, 0.717) is 6.61 Å². The van der Waals surface area contributed by atoms with Gasteiger partial charge in [-0.15, -0.1) is 0 Å². The van der Waals surface area contributed by atoms with Gasteiger partial charge in [0.05, 0.1) is 13.2 Å². The Balaban J connectivity index is 0. The van der Waals surface area contributed by atoms with Crippen LogP contribution in [0.25, 0.3) is 0 Å². The summed E-state index contributed by atoms with van der Waals surface area (Å²) < 4.78 is 4.97. The van der Waals surface area contributed by atoms with Crippen molar-refractivity contribution in [2.24, 2.45) is 0 Å². The van der Waals surface area contributed by atoms with Gasteiger partial charge in [0, 0.05) is 28.3 Å². The summed E-state index contributed by atoms with van der Waals surface area (Å²) in [6, 6.07) is 0. The molecule has 0 saturated carbocycles. The normalized spacial score (nSPS) is 8.67. The third-order valence-corrected chi connectivity index (χ3v) is 0.878. The Morgan fingerprint density at radius 1 is 1.33 bits per heavy atom. The average Bonchev–Trinajstić information content (AvgIpc) is 1.81. The van der Waals surface area contributed by atoms with E-state index in [1.165, 1.54) is 0 Å². The summed E-state index contributed by atoms with van der Waals surface area (Å²) >= 11 is 0. The van der Waals surface area contributed by atoms with Crippen molar-refractivity contribution >= 4 is 0 Å². The van der Waals surface area contributed by atoms with Gasteiger partial charge in [-0.05, 0) is 6.42 Å². The number of hydrogen-bond acceptors (Lipinski definition) is 2. The minimum Gasteiger partial charge on any atom is -0.394 e. The first kappa shape index (κ1) is 12.3. The summed E-state index contributed by atoms with van der Waals surface area (Å²) in [5.41, 5.74) is 0. The molecule has 9 heavy (non-hydrogen) atoms. The molecule has 3 heteroatoms. The molecule has 0 aliphatic heterocycles. The Kier molecular flexibility index (Phi) is 15.7. The van der Waals surface area contributed by atoms with Gasteiger partial charge in [-0.1, -0.05) is 13.3 Å². The SMILES string of the molecule is CCCCOCCO.[Ti]. The summed E-state index contributed by atoms with van der Waals surface area (Å²) in [5.74, 6) is 0. The van der Waals surface area contributed by atoms with Crippen LogP contribution >= 0.6 is 0 Å². The molecule has 0 radical (unpaired) electrons. The molecule has 0 aliphatic rings. The van der Waals surface area contributed by atoms with Crippen LogP contribution in [-0.4, -0.2) is 24.9 Å². The first-order valence-corrected chi connectivity index (χ1v) is 3.10. The van der Waals surface area contributed by atoms with E-state index in [9.17, 15) is 0 Å². The van der Waals surface area contributed by atoms with Crippen LogP contribution in [0.15, 0.2) is 0 Å². The second-order valence-electron chi connectivity index (χ2n) is 1.69. The number of ether oxygens (including phenoxy) is 1. The fraction of sp³-hybridized carbons (Fsp3) is 1.00. The summed E-state index contributed by atoms with van der Waals surface area (Å²) in [4.78, 5) is 0. The first-order chi connectivity index (χ1) is 3.91. The molecule has 0 saturated heterocycles. The van der Waals surface area contributed by atoms with E-state index in [1.54, 1.807) is 0 Å². The molecule has 0 spiro atoms. The zero-order chi connectivity index (χ0) is 6.24. The van der Waals surface area contributed by atoms with Gasteiger partial charge in [-0.3, -0.25) is 0 Å². The minimum atomic E-state index is 0. The topological polar surface area (TPSA) is 29.5 Å². The molecule has 0 aliphatic carbocycles. The molecule has 0 atom stereocenters. The summed E-state index contributed by atoms with van der Waals surface area (Å²) in [5, 5.41) is 8.24. The first-order valence-electron chi connectivity index (χ1n) is 3.10. The summed E-state index contributed by atoms with van der Waals surface area (Å²) in [6.07, 6.45) is 2.26. The third kappa shape index (κ3) is 12.0. The van der Waals surface area contributed by atoms with Crippen LogP contribution in [0.4, 0.5) is 0 Å². The van der Waals surface area contributed by atoms with Crippen molar-refractivity contribution in [3.63, 3.8) is 0 Å². The number of aliphatic hydroxyl groups excluding tert-OH is 1. The Morgan fingerprint density at radius 2 is 2.00 bits per heavy atom. The van der Waals surface area contributed by atoms with Crippen LogP contribution in [0.3, 0.4) is 0 Å². The van der Waals surface area contributed by atoms with E-state index in [1.807, 2.05) is 0 Å². The van der Waals surface area contributed by atoms with Crippen molar-refractivity contribution in [3.05, 3.63) is 0 Å². The second kappa shape index (κ2) is 11.4. The Morgan fingerprint density at radius 3 is 2.44 bits per heavy atom. The Bertz CT molecular complexity index is 36.0. The largest absolute Gasteiger partial charge is 0.394 e. The van der Waals surface area contributed by atoms with Crippen LogP contribution in [0, 0.1) is 0 Å². The van der Waals surface area contributed by atoms with E-state index >= 15 is 0 Å². The van der Waals surface area contributed by atoms with Gasteiger partial charge in [-0.25, -0.2) is 0 Å². The maximum atomic E-state index is 8.24. The van der Waals surface area contributed by atoms with Crippen molar-refractivity contribution in [1.29, 1.82) is 0 Å². The van der Waals surface area contributed by atoms with Gasteiger partial charge in [0.25, 0.3) is 0 Å². The van der Waals surface area contributed by atoms with E-state index in [4.69, 9.17) is 9.84 Å². The van der Waals surface area contributed by atoms with Crippen LogP contribution < -0.4 is 0 Å². The van der Waals surface area contributed by atoms with Crippen molar-refractivity contribution in [3.8, 4) is 0 Å². The van der Waals surface area contributed by atoms with Gasteiger partial charge >= 0.3 is 0 Å². The molecular formula is C6H14O2Ti. The van der Waals surface area contributed by atoms with Gasteiger partial charge in [0.15, 0.2) is 0 Å². The third-order valence-electron chi connectivity index (χ3n) is 0.878. The molecule has 0 aromatic heterocycles. The van der Waals surface area contributed by atoms with Crippen LogP contribution in [0.2, 0.25) is 0 Å². The molecule has 0 rings (SSSR count). The van der Waals surface area contributed by atoms with Gasteiger partial charge in [0.2, 0.25) is 0 Å². The Labute approximate surface area is 71.5 Å². The molecule has 54 valence electrons. The predicted octanol–water partition coefficient (Wildman–Crippen LogP) is 0.793. The van der Waals surface area contributed by atoms with Crippen LogP contribution in [-0.2, 0) is 26.5 Å². The maximum absolute atomic E-state index is 8.24. The van der Waals surface area contributed by atoms with E-state index in [2.05, 4.69) is 6.92 Å². The monoisotopic (exact) mass is 166 g/mol. The molecule has 0 unspecified atom stereocenters. The van der Waals surface area contributed by atoms with E-state index in [0.717, 1.165) is 19.4 Å². The van der Waals surface area contributed by atoms with Gasteiger partial charge in [-0.2, -0.15) is 0 Å². The maximum Gasteiger partial charge on any atom is 0.0697 e. The van der Waals surface area contributed by atoms with Crippen molar-refractivity contribution in [2.75, 3.05) is 19.8 Å². The molecule has 0 bridgehead atoms. The quantitative estimate of drug-likeness (QED) is 0.483. The number of hydrogen-bond donors (Lipinski definition) is 1. The summed E-state index contributed by atoms with van der Waals surface area (Å²) in [6.45, 7) is 3.53. The van der Waals surface area contributed by atoms with Gasteiger partial charge < -0.3 is 9.84 Å². The van der Waals surface area contributed by atoms with Gasteiger partial charge in [0.1, 0.15) is 0 Å². The average molecular weight is 166 g/mol. The molecular weight excluding hydrogens is 152 g/mol. The second-order valence-corrected chi connectivity index (χ2v) is 1.69. The van der Waals surface area contributed by atoms with Crippen molar-refractivity contribution in [1.82, 2.24) is 0 Å². The zero-order valence-corrected chi connectivity index (χ0v) is 7.45. The molecule has 0 aromatic carbocycles.